The molecule has 0 unspecified atom stereocenters. The highest BCUT2D eigenvalue weighted by Crippen LogP contribution is 2.25. The highest BCUT2D eigenvalue weighted by atomic mass is 16.5. The number of amides is 1. The topological polar surface area (TPSA) is 97.1 Å². The van der Waals surface area contributed by atoms with Crippen LogP contribution < -0.4 is 10.5 Å². The molecular formula is C22H25N5O2. The lowest BCUT2D eigenvalue weighted by Gasteiger charge is -2.32. The Morgan fingerprint density at radius 3 is 2.86 bits per heavy atom. The number of nitrogens with two attached hydrogens (primary N) is 1. The van der Waals surface area contributed by atoms with Crippen molar-refractivity contribution >= 4 is 5.91 Å². The molecular weight excluding hydrogens is 366 g/mol. The molecule has 3 aromatic rings. The van der Waals surface area contributed by atoms with E-state index in [-0.39, 0.29) is 11.8 Å². The van der Waals surface area contributed by atoms with E-state index >= 15 is 0 Å². The third-order valence-corrected chi connectivity index (χ3v) is 5.24. The summed E-state index contributed by atoms with van der Waals surface area (Å²) in [5, 5.41) is 7.42. The molecule has 4 rings (SSSR count). The summed E-state index contributed by atoms with van der Waals surface area (Å²) in [6.45, 7) is 4.83. The summed E-state index contributed by atoms with van der Waals surface area (Å²) in [5.74, 6) is 0.0959. The van der Waals surface area contributed by atoms with Gasteiger partial charge in [0.05, 0.1) is 11.9 Å². The zero-order chi connectivity index (χ0) is 20.2. The average Bonchev–Trinajstić information content (AvgIpc) is 3.18. The molecule has 0 atom stereocenters. The number of ether oxygens (including phenoxy) is 1. The molecule has 150 valence electrons. The molecule has 0 bridgehead atoms. The molecule has 29 heavy (non-hydrogen) atoms. The van der Waals surface area contributed by atoms with Gasteiger partial charge in [0.2, 0.25) is 0 Å². The maximum Gasteiger partial charge on any atom is 0.267 e. The number of rotatable bonds is 6. The molecule has 3 N–H and O–H groups in total. The Balaban J connectivity index is 1.35. The minimum absolute atomic E-state index is 0.120. The van der Waals surface area contributed by atoms with E-state index in [9.17, 15) is 4.79 Å². The fraction of sp³-hybridized carbons (Fsp3) is 0.318. The van der Waals surface area contributed by atoms with Gasteiger partial charge in [0, 0.05) is 43.0 Å². The third kappa shape index (κ3) is 4.63. The smallest absolute Gasteiger partial charge is 0.267 e. The normalized spacial score (nSPS) is 15.3. The Morgan fingerprint density at radius 2 is 2.10 bits per heavy atom. The lowest BCUT2D eigenvalue weighted by Crippen LogP contribution is -2.37. The molecule has 0 saturated carbocycles. The van der Waals surface area contributed by atoms with Gasteiger partial charge in [0.15, 0.2) is 0 Å². The van der Waals surface area contributed by atoms with Crippen molar-refractivity contribution in [2.45, 2.75) is 32.4 Å². The summed E-state index contributed by atoms with van der Waals surface area (Å²) in [7, 11) is 0. The number of benzene rings is 1. The van der Waals surface area contributed by atoms with Crippen LogP contribution in [-0.4, -0.2) is 45.2 Å². The highest BCUT2D eigenvalue weighted by Gasteiger charge is 2.22. The lowest BCUT2D eigenvalue weighted by molar-refractivity contribution is 0.0954. The number of H-pyrrole nitrogens is 1. The van der Waals surface area contributed by atoms with E-state index in [0.717, 1.165) is 38.2 Å². The molecule has 1 aliphatic heterocycles. The van der Waals surface area contributed by atoms with Crippen LogP contribution in [0.4, 0.5) is 0 Å². The van der Waals surface area contributed by atoms with Crippen molar-refractivity contribution in [1.29, 1.82) is 0 Å². The highest BCUT2D eigenvalue weighted by molar-refractivity contribution is 5.91. The molecule has 1 saturated heterocycles. The van der Waals surface area contributed by atoms with E-state index in [4.69, 9.17) is 10.5 Å². The van der Waals surface area contributed by atoms with Gasteiger partial charge in [-0.25, -0.2) is 0 Å². The van der Waals surface area contributed by atoms with Gasteiger partial charge >= 0.3 is 0 Å². The first-order valence-electron chi connectivity index (χ1n) is 9.82. The number of aromatic nitrogens is 3. The van der Waals surface area contributed by atoms with Gasteiger partial charge < -0.3 is 10.5 Å². The van der Waals surface area contributed by atoms with Gasteiger partial charge in [0.25, 0.3) is 5.91 Å². The number of carbonyl (C=O) groups is 1. The van der Waals surface area contributed by atoms with E-state index in [1.807, 2.05) is 6.20 Å². The number of carbonyl (C=O) groups excluding carboxylic acids is 1. The molecule has 0 spiro atoms. The van der Waals surface area contributed by atoms with Crippen LogP contribution in [0.15, 0.2) is 48.8 Å². The van der Waals surface area contributed by atoms with Gasteiger partial charge in [-0.15, -0.1) is 0 Å². The molecule has 0 aliphatic carbocycles. The number of pyridine rings is 1. The maximum absolute atomic E-state index is 11.3. The number of nitrogens with one attached hydrogen (secondary N) is 1. The van der Waals surface area contributed by atoms with Crippen LogP contribution in [0.5, 0.6) is 5.75 Å². The quantitative estimate of drug-likeness (QED) is 0.673. The summed E-state index contributed by atoms with van der Waals surface area (Å²) < 4.78 is 6.04. The largest absolute Gasteiger partial charge is 0.490 e. The number of aromatic amines is 1. The van der Waals surface area contributed by atoms with Crippen LogP contribution in [0, 0.1) is 6.92 Å². The van der Waals surface area contributed by atoms with Crippen LogP contribution in [-0.2, 0) is 6.54 Å². The molecule has 7 nitrogen and oxygen atoms in total. The Kier molecular flexibility index (Phi) is 5.57. The number of nitrogens with zero attached hydrogens (tertiary/aromatic N) is 3. The van der Waals surface area contributed by atoms with Crippen LogP contribution in [0.2, 0.25) is 0 Å². The zero-order valence-corrected chi connectivity index (χ0v) is 16.5. The predicted molar refractivity (Wildman–Crippen MR) is 110 cm³/mol. The van der Waals surface area contributed by atoms with E-state index in [1.165, 1.54) is 16.7 Å². The van der Waals surface area contributed by atoms with Crippen molar-refractivity contribution in [3.8, 4) is 17.0 Å². The lowest BCUT2D eigenvalue weighted by atomic mass is 10.0. The van der Waals surface area contributed by atoms with Gasteiger partial charge in [-0.3, -0.25) is 19.8 Å². The van der Waals surface area contributed by atoms with Gasteiger partial charge in [-0.2, -0.15) is 5.10 Å². The van der Waals surface area contributed by atoms with Crippen LogP contribution in [0.25, 0.3) is 11.3 Å². The van der Waals surface area contributed by atoms with E-state index in [1.54, 1.807) is 18.3 Å². The Bertz CT molecular complexity index is 992. The fourth-order valence-corrected chi connectivity index (χ4v) is 3.72. The SMILES string of the molecule is Cc1cccc(-c2[nH]ncc2CN2CCC(Oc3ccnc(C(N)=O)c3)CC2)c1. The van der Waals surface area contributed by atoms with Gasteiger partial charge in [-0.1, -0.05) is 23.8 Å². The zero-order valence-electron chi connectivity index (χ0n) is 16.5. The number of hydrogen-bond acceptors (Lipinski definition) is 5. The third-order valence-electron chi connectivity index (χ3n) is 5.24. The van der Waals surface area contributed by atoms with Crippen molar-refractivity contribution in [1.82, 2.24) is 20.1 Å². The second kappa shape index (κ2) is 8.45. The molecule has 0 radical (unpaired) electrons. The summed E-state index contributed by atoms with van der Waals surface area (Å²) in [4.78, 5) is 17.7. The fourth-order valence-electron chi connectivity index (χ4n) is 3.72. The Labute approximate surface area is 169 Å². The second-order valence-corrected chi connectivity index (χ2v) is 7.47. The summed E-state index contributed by atoms with van der Waals surface area (Å²) in [6, 6.07) is 11.8. The van der Waals surface area contributed by atoms with Crippen molar-refractivity contribution < 1.29 is 9.53 Å². The molecule has 1 amide bonds. The summed E-state index contributed by atoms with van der Waals surface area (Å²) >= 11 is 0. The van der Waals surface area contributed by atoms with Crippen LogP contribution in [0.3, 0.4) is 0 Å². The van der Waals surface area contributed by atoms with Crippen LogP contribution >= 0.6 is 0 Å². The van der Waals surface area contributed by atoms with Crippen molar-refractivity contribution in [3.05, 3.63) is 65.6 Å². The maximum atomic E-state index is 11.3. The van der Waals surface area contributed by atoms with E-state index in [0.29, 0.717) is 5.75 Å². The Hall–Kier alpha value is -3.19. The molecule has 1 fully saturated rings. The monoisotopic (exact) mass is 391 g/mol. The minimum Gasteiger partial charge on any atom is -0.490 e. The van der Waals surface area contributed by atoms with Crippen molar-refractivity contribution in [3.63, 3.8) is 0 Å². The minimum atomic E-state index is -0.546. The first-order valence-corrected chi connectivity index (χ1v) is 9.82. The first-order chi connectivity index (χ1) is 14.1. The molecule has 2 aromatic heterocycles. The van der Waals surface area contributed by atoms with Gasteiger partial charge in [0.1, 0.15) is 17.5 Å². The molecule has 1 aromatic carbocycles. The molecule has 7 heteroatoms. The summed E-state index contributed by atoms with van der Waals surface area (Å²) in [6.07, 6.45) is 5.44. The van der Waals surface area contributed by atoms with Gasteiger partial charge in [-0.05, 0) is 31.9 Å². The van der Waals surface area contributed by atoms with Crippen molar-refractivity contribution in [2.24, 2.45) is 5.73 Å². The Morgan fingerprint density at radius 1 is 1.28 bits per heavy atom. The summed E-state index contributed by atoms with van der Waals surface area (Å²) in [5.41, 5.74) is 10.2. The first kappa shape index (κ1) is 19.1. The average molecular weight is 391 g/mol. The number of primary amides is 1. The van der Waals surface area contributed by atoms with Crippen LogP contribution in [0.1, 0.15) is 34.5 Å². The molecule has 1 aliphatic rings. The van der Waals surface area contributed by atoms with E-state index in [2.05, 4.69) is 51.3 Å². The van der Waals surface area contributed by atoms with E-state index < -0.39 is 5.91 Å². The number of piperidine rings is 1. The number of hydrogen-bond donors (Lipinski definition) is 2. The number of aryl methyl sites for hydroxylation is 1. The standard InChI is InChI=1S/C22H25N5O2/c1-15-3-2-4-16(11-15)21-17(13-25-26-21)14-27-9-6-18(7-10-27)29-19-5-8-24-20(12-19)22(23)28/h2-5,8,11-13,18H,6-7,9-10,14H2,1H3,(H2,23,28)(H,25,26). The second-order valence-electron chi connectivity index (χ2n) is 7.47. The van der Waals surface area contributed by atoms with Crippen molar-refractivity contribution in [2.75, 3.05) is 13.1 Å². The molecule has 3 heterocycles. The predicted octanol–water partition coefficient (Wildman–Crippen LogP) is 2.92. The number of likely N-dealkylation sites (tertiary alicyclic amines) is 1.